The molecule has 0 N–H and O–H groups in total. The number of hydrogen-bond acceptors (Lipinski definition) is 2. The Hall–Kier alpha value is -0.670. The topological polar surface area (TPSA) is 26.3 Å². The number of methoxy groups -OCH3 is 1. The monoisotopic (exact) mass is 252 g/mol. The molecule has 2 nitrogen and oxygen atoms in total. The number of carbonyl (C=O) groups excluding carboxylic acids is 1. The van der Waals surface area contributed by atoms with Crippen LogP contribution in [-0.2, 0) is 9.53 Å². The van der Waals surface area contributed by atoms with Crippen molar-refractivity contribution in [3.8, 4) is 0 Å². The van der Waals surface area contributed by atoms with E-state index in [0.29, 0.717) is 6.42 Å². The summed E-state index contributed by atoms with van der Waals surface area (Å²) in [5.74, 6) is 0.143. The molecule has 2 aromatic carbocycles. The number of hydrogen-bond donors (Lipinski definition) is 0. The fourth-order valence-corrected chi connectivity index (χ4v) is 2.11. The van der Waals surface area contributed by atoms with E-state index >= 15 is 0 Å². The Morgan fingerprint density at radius 2 is 1.83 bits per heavy atom. The normalized spacial score (nSPS) is 11.9. The van der Waals surface area contributed by atoms with Crippen LogP contribution in [0, 0.1) is 0 Å². The summed E-state index contributed by atoms with van der Waals surface area (Å²) in [6, 6.07) is 14.3. The second kappa shape index (κ2) is 7.05. The van der Waals surface area contributed by atoms with E-state index in [9.17, 15) is 4.79 Å². The third-order valence-electron chi connectivity index (χ3n) is 2.93. The van der Waals surface area contributed by atoms with Crippen LogP contribution in [0.1, 0.15) is 25.0 Å². The van der Waals surface area contributed by atoms with Crippen LogP contribution in [0.15, 0.2) is 42.5 Å². The molecule has 0 aliphatic rings. The molecule has 0 saturated carbocycles. The Kier molecular flexibility index (Phi) is 6.03. The van der Waals surface area contributed by atoms with Gasteiger partial charge in [0.15, 0.2) is 0 Å². The van der Waals surface area contributed by atoms with Crippen LogP contribution < -0.4 is 0 Å². The molecular formula is C15H17NaO2. The molecule has 0 spiro atoms. The molecule has 3 heteroatoms. The van der Waals surface area contributed by atoms with Crippen molar-refractivity contribution in [3.63, 3.8) is 0 Å². The molecule has 0 fully saturated rings. The van der Waals surface area contributed by atoms with Gasteiger partial charge in [-0.15, -0.1) is 0 Å². The van der Waals surface area contributed by atoms with Crippen LogP contribution in [0.5, 0.6) is 0 Å². The van der Waals surface area contributed by atoms with Gasteiger partial charge in [0.05, 0.1) is 6.10 Å². The van der Waals surface area contributed by atoms with Gasteiger partial charge in [0, 0.05) is 13.5 Å². The van der Waals surface area contributed by atoms with Crippen molar-refractivity contribution in [1.82, 2.24) is 0 Å². The van der Waals surface area contributed by atoms with Gasteiger partial charge in [-0.2, -0.15) is 0 Å². The summed E-state index contributed by atoms with van der Waals surface area (Å²) in [4.78, 5) is 11.2. The molecule has 90 valence electrons. The summed E-state index contributed by atoms with van der Waals surface area (Å²) in [5.41, 5.74) is 1.08. The van der Waals surface area contributed by atoms with Crippen LogP contribution in [0.3, 0.4) is 0 Å². The van der Waals surface area contributed by atoms with Crippen LogP contribution >= 0.6 is 0 Å². The zero-order valence-electron chi connectivity index (χ0n) is 10.1. The van der Waals surface area contributed by atoms with Crippen LogP contribution in [0.25, 0.3) is 10.8 Å². The summed E-state index contributed by atoms with van der Waals surface area (Å²) in [6.07, 6.45) is 0.267. The maximum absolute atomic E-state index is 11.2. The molecule has 0 aliphatic heterocycles. The second-order valence-electron chi connectivity index (χ2n) is 4.20. The summed E-state index contributed by atoms with van der Waals surface area (Å²) in [7, 11) is 1.65. The first-order valence-corrected chi connectivity index (χ1v) is 5.72. The Balaban J connectivity index is 0.00000162. The van der Waals surface area contributed by atoms with E-state index in [1.807, 2.05) is 24.3 Å². The number of ketones is 1. The molecule has 0 saturated heterocycles. The van der Waals surface area contributed by atoms with Crippen molar-refractivity contribution in [3.05, 3.63) is 48.0 Å². The second-order valence-corrected chi connectivity index (χ2v) is 4.20. The zero-order valence-corrected chi connectivity index (χ0v) is 10.1. The first kappa shape index (κ1) is 15.4. The Morgan fingerprint density at radius 3 is 2.50 bits per heavy atom. The quantitative estimate of drug-likeness (QED) is 0.782. The molecule has 18 heavy (non-hydrogen) atoms. The third kappa shape index (κ3) is 3.42. The predicted molar refractivity (Wildman–Crippen MR) is 76.1 cm³/mol. The summed E-state index contributed by atoms with van der Waals surface area (Å²) < 4.78 is 5.43. The fourth-order valence-electron chi connectivity index (χ4n) is 2.11. The van der Waals surface area contributed by atoms with E-state index in [-0.39, 0.29) is 41.4 Å². The molecule has 0 amide bonds. The van der Waals surface area contributed by atoms with Crippen molar-refractivity contribution in [2.45, 2.75) is 19.4 Å². The van der Waals surface area contributed by atoms with Crippen molar-refractivity contribution >= 4 is 46.1 Å². The summed E-state index contributed by atoms with van der Waals surface area (Å²) >= 11 is 0. The number of carbonyl (C=O) groups is 1. The molecule has 2 rings (SSSR count). The van der Waals surface area contributed by atoms with Crippen molar-refractivity contribution in [2.75, 3.05) is 7.11 Å². The van der Waals surface area contributed by atoms with Gasteiger partial charge < -0.3 is 4.74 Å². The minimum absolute atomic E-state index is 0. The molecule has 1 atom stereocenters. The van der Waals surface area contributed by atoms with Gasteiger partial charge in [-0.1, -0.05) is 42.5 Å². The summed E-state index contributed by atoms with van der Waals surface area (Å²) in [6.45, 7) is 1.59. The van der Waals surface area contributed by atoms with E-state index in [1.54, 1.807) is 14.0 Å². The Bertz CT molecular complexity index is 532. The molecule has 2 aromatic rings. The van der Waals surface area contributed by atoms with Crippen molar-refractivity contribution in [2.24, 2.45) is 0 Å². The molecule has 0 heterocycles. The van der Waals surface area contributed by atoms with Crippen molar-refractivity contribution < 1.29 is 9.53 Å². The van der Waals surface area contributed by atoms with Crippen LogP contribution in [0.4, 0.5) is 0 Å². The third-order valence-corrected chi connectivity index (χ3v) is 2.93. The number of ether oxygens (including phenoxy) is 1. The van der Waals surface area contributed by atoms with Crippen molar-refractivity contribution in [1.29, 1.82) is 0 Å². The zero-order chi connectivity index (χ0) is 12.3. The van der Waals surface area contributed by atoms with E-state index in [1.165, 1.54) is 5.39 Å². The predicted octanol–water partition coefficient (Wildman–Crippen LogP) is 2.86. The van der Waals surface area contributed by atoms with E-state index < -0.39 is 0 Å². The molecule has 0 bridgehead atoms. The SMILES string of the molecule is COC(CC(C)=O)c1cccc2ccccc12.[NaH]. The Morgan fingerprint density at radius 1 is 1.17 bits per heavy atom. The van der Waals surface area contributed by atoms with Gasteiger partial charge in [-0.25, -0.2) is 0 Å². The number of Topliss-reactive ketones (excluding diaryl/α,β-unsaturated/α-hetero) is 1. The standard InChI is InChI=1S/C15H16O2.Na.H/c1-11(16)10-15(17-2)14-9-5-7-12-6-3-4-8-13(12)14;;/h3-9,15H,10H2,1-2H3;;. The van der Waals surface area contributed by atoms with Gasteiger partial charge in [0.1, 0.15) is 5.78 Å². The fraction of sp³-hybridized carbons (Fsp3) is 0.267. The molecule has 0 aliphatic carbocycles. The van der Waals surface area contributed by atoms with Gasteiger partial charge in [-0.05, 0) is 23.3 Å². The molecular weight excluding hydrogens is 235 g/mol. The van der Waals surface area contributed by atoms with Crippen LogP contribution in [-0.4, -0.2) is 42.5 Å². The average molecular weight is 252 g/mol. The van der Waals surface area contributed by atoms with Gasteiger partial charge in [-0.3, -0.25) is 4.79 Å². The van der Waals surface area contributed by atoms with Gasteiger partial charge in [0.2, 0.25) is 0 Å². The first-order valence-electron chi connectivity index (χ1n) is 5.72. The van der Waals surface area contributed by atoms with Crippen LogP contribution in [0.2, 0.25) is 0 Å². The van der Waals surface area contributed by atoms with Gasteiger partial charge >= 0.3 is 29.6 Å². The summed E-state index contributed by atoms with van der Waals surface area (Å²) in [5, 5.41) is 2.33. The minimum atomic E-state index is -0.154. The van der Waals surface area contributed by atoms with Gasteiger partial charge in [0.25, 0.3) is 0 Å². The molecule has 1 unspecified atom stereocenters. The maximum atomic E-state index is 11.2. The number of rotatable bonds is 4. The van der Waals surface area contributed by atoms with E-state index in [0.717, 1.165) is 10.9 Å². The molecule has 0 radical (unpaired) electrons. The molecule has 0 aromatic heterocycles. The average Bonchev–Trinajstić information content (AvgIpc) is 2.35. The Labute approximate surface area is 130 Å². The number of fused-ring (bicyclic) bond motifs is 1. The number of benzene rings is 2. The van der Waals surface area contributed by atoms with E-state index in [2.05, 4.69) is 18.2 Å². The van der Waals surface area contributed by atoms with E-state index in [4.69, 9.17) is 4.74 Å². The first-order chi connectivity index (χ1) is 8.22.